The fraction of sp³-hybridized carbons (Fsp3) is 0.400. The van der Waals surface area contributed by atoms with Crippen molar-refractivity contribution in [1.82, 2.24) is 25.0 Å². The van der Waals surface area contributed by atoms with E-state index >= 15 is 0 Å². The Hall–Kier alpha value is -2.10. The second kappa shape index (κ2) is 6.57. The summed E-state index contributed by atoms with van der Waals surface area (Å²) >= 11 is 0. The van der Waals surface area contributed by atoms with Gasteiger partial charge in [-0.15, -0.1) is 5.10 Å². The van der Waals surface area contributed by atoms with Gasteiger partial charge in [-0.1, -0.05) is 0 Å². The monoisotopic (exact) mass is 361 g/mol. The molecule has 0 unspecified atom stereocenters. The van der Waals surface area contributed by atoms with E-state index in [2.05, 4.69) is 15.3 Å². The van der Waals surface area contributed by atoms with Crippen molar-refractivity contribution >= 4 is 25.3 Å². The van der Waals surface area contributed by atoms with Crippen LogP contribution in [0, 0.1) is 0 Å². The van der Waals surface area contributed by atoms with Crippen molar-refractivity contribution in [2.75, 3.05) is 28.2 Å². The zero-order valence-electron chi connectivity index (χ0n) is 12.7. The third-order valence-electron chi connectivity index (χ3n) is 2.11. The number of amidine groups is 1. The molecular formula is C10H15F5N6OP+. The summed E-state index contributed by atoms with van der Waals surface area (Å²) in [4.78, 5) is 13.0. The molecule has 13 heteroatoms. The summed E-state index contributed by atoms with van der Waals surface area (Å²) in [6, 6.07) is 4.28. The van der Waals surface area contributed by atoms with Crippen LogP contribution in [0.15, 0.2) is 18.3 Å². The van der Waals surface area contributed by atoms with Gasteiger partial charge in [0.05, 0.1) is 28.2 Å². The number of rotatable bonds is 1. The van der Waals surface area contributed by atoms with Crippen LogP contribution in [0.1, 0.15) is 0 Å². The van der Waals surface area contributed by atoms with Crippen LogP contribution in [0.5, 0.6) is 0 Å². The van der Waals surface area contributed by atoms with E-state index in [9.17, 15) is 21.0 Å². The molecule has 0 spiro atoms. The van der Waals surface area contributed by atoms with Crippen molar-refractivity contribution in [3.63, 3.8) is 0 Å². The minimum absolute atomic E-state index is 0.591. The maximum atomic E-state index is 9.84. The molecule has 0 aliphatic carbocycles. The Morgan fingerprint density at radius 2 is 1.78 bits per heavy atom. The Bertz CT molecular complexity index is 689. The molecule has 0 atom stereocenters. The molecular weight excluding hydrogens is 346 g/mol. The molecule has 0 aliphatic heterocycles. The van der Waals surface area contributed by atoms with Gasteiger partial charge >= 0.3 is 35.2 Å². The number of hydrogen-bond acceptors (Lipinski definition) is 4. The van der Waals surface area contributed by atoms with E-state index in [1.165, 1.54) is 4.85 Å². The Labute approximate surface area is 128 Å². The van der Waals surface area contributed by atoms with Crippen LogP contribution in [-0.4, -0.2) is 63.8 Å². The Morgan fingerprint density at radius 3 is 2.26 bits per heavy atom. The van der Waals surface area contributed by atoms with Gasteiger partial charge in [0.25, 0.3) is 0 Å². The summed E-state index contributed by atoms with van der Waals surface area (Å²) in [6.07, 6.45) is 1.68. The molecule has 23 heavy (non-hydrogen) atoms. The molecule has 130 valence electrons. The third kappa shape index (κ3) is 7.13. The van der Waals surface area contributed by atoms with Crippen LogP contribution >= 0.6 is 8.16 Å². The zero-order valence-corrected chi connectivity index (χ0v) is 13.6. The first kappa shape index (κ1) is 18.9. The molecule has 2 heterocycles. The fourth-order valence-corrected chi connectivity index (χ4v) is 1.45. The van der Waals surface area contributed by atoms with Crippen molar-refractivity contribution in [3.05, 3.63) is 18.3 Å². The molecule has 0 aliphatic rings. The van der Waals surface area contributed by atoms with Gasteiger partial charge in [0.15, 0.2) is 0 Å². The zero-order chi connectivity index (χ0) is 17.9. The normalized spacial score (nSPS) is 12.7. The maximum absolute atomic E-state index is 9.84. The molecule has 2 aromatic rings. The number of pyridine rings is 1. The van der Waals surface area contributed by atoms with Crippen molar-refractivity contribution < 1.29 is 30.4 Å². The minimum atomic E-state index is -8.55. The predicted octanol–water partition coefficient (Wildman–Crippen LogP) is 2.41. The summed E-state index contributed by atoms with van der Waals surface area (Å²) in [5.41, 5.74) is 1.29. The molecule has 0 amide bonds. The summed E-state index contributed by atoms with van der Waals surface area (Å²) in [7, 11) is -0.987. The second-order valence-corrected chi connectivity index (χ2v) is 5.89. The van der Waals surface area contributed by atoms with Crippen molar-refractivity contribution in [1.29, 1.82) is 0 Å². The number of halogens is 5. The quantitative estimate of drug-likeness (QED) is 0.257. The molecule has 0 bridgehead atoms. The summed E-state index contributed by atoms with van der Waals surface area (Å²) in [6.45, 7) is 0. The van der Waals surface area contributed by atoms with E-state index in [1.54, 1.807) is 6.20 Å². The molecule has 0 saturated heterocycles. The molecule has 0 saturated carbocycles. The number of fused-ring (bicyclic) bond motifs is 1. The van der Waals surface area contributed by atoms with E-state index in [0.29, 0.717) is 17.2 Å². The summed E-state index contributed by atoms with van der Waals surface area (Å²) < 4.78 is 51.0. The predicted molar refractivity (Wildman–Crippen MR) is 75.2 cm³/mol. The SMILES string of the molecule is CN(C)C(On1nnc2cccnc21)=[N+](C)C.FP(F)(F)(F)F. The Kier molecular flexibility index (Phi) is 5.41. The molecule has 0 fully saturated rings. The number of aromatic nitrogens is 4. The third-order valence-corrected chi connectivity index (χ3v) is 2.11. The van der Waals surface area contributed by atoms with Gasteiger partial charge in [-0.3, -0.25) is 4.84 Å². The van der Waals surface area contributed by atoms with Gasteiger partial charge in [0, 0.05) is 6.20 Å². The number of hydrogen-bond donors (Lipinski definition) is 0. The average Bonchev–Trinajstić information content (AvgIpc) is 2.75. The average molecular weight is 361 g/mol. The Balaban J connectivity index is 0.000000379. The van der Waals surface area contributed by atoms with E-state index in [-0.39, 0.29) is 0 Å². The molecule has 0 N–H and O–H groups in total. The van der Waals surface area contributed by atoms with Gasteiger partial charge in [0.1, 0.15) is 5.52 Å². The first-order valence-corrected chi connectivity index (χ1v) is 7.69. The standard InChI is InChI=1S/C10H15N6O.F5P/c1-14(2)10(15(3)4)17-16-9-8(12-13-16)6-5-7-11-9;1-6(2,3,4)5/h5-7H,1-4H3;/q+1;. The second-order valence-electron chi connectivity index (χ2n) is 4.61. The van der Waals surface area contributed by atoms with Crippen LogP contribution in [0.3, 0.4) is 0 Å². The van der Waals surface area contributed by atoms with Crippen molar-refractivity contribution in [2.24, 2.45) is 0 Å². The molecule has 0 radical (unpaired) electrons. The van der Waals surface area contributed by atoms with Gasteiger partial charge in [0.2, 0.25) is 5.65 Å². The molecule has 7 nitrogen and oxygen atoms in total. The first-order chi connectivity index (χ1) is 10.3. The first-order valence-electron chi connectivity index (χ1n) is 6.00. The van der Waals surface area contributed by atoms with Gasteiger partial charge < -0.3 is 0 Å². The van der Waals surface area contributed by atoms with Crippen LogP contribution in [-0.2, 0) is 0 Å². The van der Waals surface area contributed by atoms with Gasteiger partial charge in [-0.2, -0.15) is 0 Å². The van der Waals surface area contributed by atoms with Crippen molar-refractivity contribution in [3.8, 4) is 0 Å². The van der Waals surface area contributed by atoms with Crippen molar-refractivity contribution in [2.45, 2.75) is 0 Å². The number of nitrogens with zero attached hydrogens (tertiary/aromatic N) is 6. The van der Waals surface area contributed by atoms with E-state index < -0.39 is 8.16 Å². The van der Waals surface area contributed by atoms with Crippen LogP contribution in [0.25, 0.3) is 11.2 Å². The van der Waals surface area contributed by atoms with Crippen LogP contribution < -0.4 is 4.84 Å². The Morgan fingerprint density at radius 1 is 1.22 bits per heavy atom. The van der Waals surface area contributed by atoms with Gasteiger partial charge in [-0.05, 0) is 22.2 Å². The van der Waals surface area contributed by atoms with E-state index in [0.717, 1.165) is 0 Å². The fourth-order valence-electron chi connectivity index (χ4n) is 1.45. The van der Waals surface area contributed by atoms with Crippen LogP contribution in [0.2, 0.25) is 0 Å². The van der Waals surface area contributed by atoms with Crippen LogP contribution in [0.4, 0.5) is 21.0 Å². The molecule has 2 rings (SSSR count). The van der Waals surface area contributed by atoms with E-state index in [4.69, 9.17) is 4.84 Å². The molecule has 0 aromatic carbocycles. The van der Waals surface area contributed by atoms with E-state index in [1.807, 2.05) is 49.8 Å². The topological polar surface area (TPSA) is 59.1 Å². The van der Waals surface area contributed by atoms with Gasteiger partial charge in [-0.25, -0.2) is 14.5 Å². The summed E-state index contributed by atoms with van der Waals surface area (Å²) in [5, 5.41) is 7.87. The molecule has 2 aromatic heterocycles. The summed E-state index contributed by atoms with van der Waals surface area (Å²) in [5.74, 6) is 0.